The highest BCUT2D eigenvalue weighted by molar-refractivity contribution is 7.26. The van der Waals surface area contributed by atoms with E-state index in [1.54, 1.807) is 7.11 Å². The molecule has 0 amide bonds. The van der Waals surface area contributed by atoms with Gasteiger partial charge in [0.15, 0.2) is 9.03 Å². The highest BCUT2D eigenvalue weighted by atomic mass is 31.1. The lowest BCUT2D eigenvalue weighted by Gasteiger charge is -2.13. The molecular formula is C13H37O2P. The predicted molar refractivity (Wildman–Crippen MR) is 81.5 cm³/mol. The maximum atomic E-state index is 5.34. The van der Waals surface area contributed by atoms with Crippen molar-refractivity contribution < 1.29 is 9.05 Å². The average Bonchev–Trinajstić information content (AvgIpc) is 2.11. The molecule has 0 rings (SSSR count). The molecule has 0 N–H and O–H groups in total. The van der Waals surface area contributed by atoms with E-state index >= 15 is 0 Å². The maximum Gasteiger partial charge on any atom is 0.154 e. The van der Waals surface area contributed by atoms with Crippen LogP contribution in [0, 0.1) is 5.92 Å². The van der Waals surface area contributed by atoms with Crippen LogP contribution in [-0.4, -0.2) is 13.7 Å². The highest BCUT2D eigenvalue weighted by Gasteiger charge is 2.05. The van der Waals surface area contributed by atoms with Gasteiger partial charge in [-0.2, -0.15) is 0 Å². The Kier molecular flexibility index (Phi) is 45.9. The molecule has 0 aromatic carbocycles. The Balaban J connectivity index is -0.000000101. The number of unbranched alkanes of at least 4 members (excludes halogenated alkanes) is 1. The van der Waals surface area contributed by atoms with Gasteiger partial charge >= 0.3 is 0 Å². The second-order valence-electron chi connectivity index (χ2n) is 3.01. The lowest BCUT2D eigenvalue weighted by atomic mass is 10.0. The lowest BCUT2D eigenvalue weighted by molar-refractivity contribution is 0.232. The van der Waals surface area contributed by atoms with E-state index < -0.39 is 0 Å². The Labute approximate surface area is 107 Å². The fraction of sp³-hybridized carbons (Fsp3) is 1.00. The first-order valence-electron chi connectivity index (χ1n) is 4.74. The van der Waals surface area contributed by atoms with Crippen molar-refractivity contribution in [2.75, 3.05) is 13.7 Å². The zero-order valence-corrected chi connectivity index (χ0v) is 9.43. The van der Waals surface area contributed by atoms with Crippen molar-refractivity contribution in [3.63, 3.8) is 0 Å². The van der Waals surface area contributed by atoms with Gasteiger partial charge in [-0.25, -0.2) is 0 Å². The van der Waals surface area contributed by atoms with Gasteiger partial charge in [0.2, 0.25) is 0 Å². The fourth-order valence-corrected chi connectivity index (χ4v) is 1.53. The average molecular weight is 256 g/mol. The topological polar surface area (TPSA) is 18.5 Å². The van der Waals surface area contributed by atoms with Crippen molar-refractivity contribution in [3.05, 3.63) is 0 Å². The largest absolute Gasteiger partial charge is 0.340 e. The van der Waals surface area contributed by atoms with Crippen LogP contribution in [-0.2, 0) is 9.05 Å². The van der Waals surface area contributed by atoms with Crippen LogP contribution in [0.1, 0.15) is 69.2 Å². The predicted octanol–water partition coefficient (Wildman–Crippen LogP) is 5.92. The molecule has 0 aliphatic rings. The zero-order chi connectivity index (χ0) is 9.23. The quantitative estimate of drug-likeness (QED) is 0.396. The minimum absolute atomic E-state index is 0. The maximum absolute atomic E-state index is 5.34. The van der Waals surface area contributed by atoms with Crippen molar-refractivity contribution in [2.24, 2.45) is 5.92 Å². The van der Waals surface area contributed by atoms with Crippen LogP contribution in [0.4, 0.5) is 0 Å². The second-order valence-corrected chi connectivity index (χ2v) is 3.88. The molecule has 0 heterocycles. The van der Waals surface area contributed by atoms with E-state index in [2.05, 4.69) is 13.8 Å². The van der Waals surface area contributed by atoms with E-state index in [4.69, 9.17) is 9.05 Å². The summed E-state index contributed by atoms with van der Waals surface area (Å²) in [6.07, 6.45) is 5.11. The van der Waals surface area contributed by atoms with Gasteiger partial charge in [-0.3, -0.25) is 0 Å². The Morgan fingerprint density at radius 1 is 1.06 bits per heavy atom. The van der Waals surface area contributed by atoms with Gasteiger partial charge in [0.05, 0.1) is 6.61 Å². The van der Waals surface area contributed by atoms with Crippen molar-refractivity contribution in [3.8, 4) is 0 Å². The van der Waals surface area contributed by atoms with Gasteiger partial charge in [0, 0.05) is 7.11 Å². The molecular weight excluding hydrogens is 219 g/mol. The van der Waals surface area contributed by atoms with Crippen molar-refractivity contribution in [1.82, 2.24) is 0 Å². The Morgan fingerprint density at radius 2 is 1.62 bits per heavy atom. The SMILES string of the molecule is C.C.C.C.CCCCC(CC)COPOC. The summed E-state index contributed by atoms with van der Waals surface area (Å²) in [5.74, 6) is 0.729. The standard InChI is InChI=1S/C9H21O2P.4CH4/c1-4-6-7-9(5-2)8-11-12-10-3;;;;/h9,12H,4-8H2,1-3H3;4*1H4. The molecule has 0 aliphatic carbocycles. The zero-order valence-electron chi connectivity index (χ0n) is 8.43. The lowest BCUT2D eigenvalue weighted by Crippen LogP contribution is -2.05. The van der Waals surface area contributed by atoms with E-state index in [0.29, 0.717) is 0 Å². The molecule has 0 spiro atoms. The molecule has 0 bridgehead atoms. The molecule has 0 fully saturated rings. The molecule has 2 nitrogen and oxygen atoms in total. The van der Waals surface area contributed by atoms with Crippen molar-refractivity contribution in [1.29, 1.82) is 0 Å². The molecule has 0 aliphatic heterocycles. The van der Waals surface area contributed by atoms with Gasteiger partial charge in [-0.05, 0) is 12.3 Å². The first-order chi connectivity index (χ1) is 5.85. The molecule has 16 heavy (non-hydrogen) atoms. The minimum Gasteiger partial charge on any atom is -0.340 e. The number of hydrogen-bond donors (Lipinski definition) is 0. The molecule has 0 radical (unpaired) electrons. The van der Waals surface area contributed by atoms with Crippen LogP contribution in [0.25, 0.3) is 0 Å². The molecule has 3 heteroatoms. The summed E-state index contributed by atoms with van der Waals surface area (Å²) >= 11 is 0. The highest BCUT2D eigenvalue weighted by Crippen LogP contribution is 2.18. The van der Waals surface area contributed by atoms with Crippen LogP contribution in [0.15, 0.2) is 0 Å². The van der Waals surface area contributed by atoms with Gasteiger partial charge in [0.25, 0.3) is 0 Å². The van der Waals surface area contributed by atoms with Crippen LogP contribution >= 0.6 is 9.03 Å². The van der Waals surface area contributed by atoms with Crippen LogP contribution in [0.3, 0.4) is 0 Å². The van der Waals surface area contributed by atoms with E-state index in [0.717, 1.165) is 12.5 Å². The molecule has 2 atom stereocenters. The molecule has 0 saturated carbocycles. The fourth-order valence-electron chi connectivity index (χ4n) is 1.11. The van der Waals surface area contributed by atoms with E-state index in [1.807, 2.05) is 0 Å². The van der Waals surface area contributed by atoms with Gasteiger partial charge in [-0.1, -0.05) is 62.8 Å². The van der Waals surface area contributed by atoms with Crippen molar-refractivity contribution >= 4 is 9.03 Å². The number of rotatable bonds is 8. The van der Waals surface area contributed by atoms with Crippen molar-refractivity contribution in [2.45, 2.75) is 69.2 Å². The monoisotopic (exact) mass is 256 g/mol. The van der Waals surface area contributed by atoms with Crippen LogP contribution in [0.2, 0.25) is 0 Å². The summed E-state index contributed by atoms with van der Waals surface area (Å²) in [5, 5.41) is 0. The Morgan fingerprint density at radius 3 is 2.00 bits per heavy atom. The second kappa shape index (κ2) is 24.5. The van der Waals surface area contributed by atoms with Gasteiger partial charge in [0.1, 0.15) is 0 Å². The first kappa shape index (κ1) is 29.9. The molecule has 0 aromatic rings. The first-order valence-corrected chi connectivity index (χ1v) is 5.56. The summed E-state index contributed by atoms with van der Waals surface area (Å²) in [6.45, 7) is 5.31. The summed E-state index contributed by atoms with van der Waals surface area (Å²) in [6, 6.07) is 0. The number of hydrogen-bond acceptors (Lipinski definition) is 2. The third-order valence-corrected chi connectivity index (χ3v) is 2.46. The molecule has 106 valence electrons. The summed E-state index contributed by atoms with van der Waals surface area (Å²) in [7, 11) is 1.89. The van der Waals surface area contributed by atoms with Crippen LogP contribution < -0.4 is 0 Å². The third kappa shape index (κ3) is 19.9. The molecule has 2 unspecified atom stereocenters. The molecule has 0 aromatic heterocycles. The van der Waals surface area contributed by atoms with Gasteiger partial charge < -0.3 is 9.05 Å². The van der Waals surface area contributed by atoms with E-state index in [1.165, 1.54) is 25.7 Å². The minimum atomic E-state index is 0. The summed E-state index contributed by atoms with van der Waals surface area (Å²) in [5.41, 5.74) is 0. The third-order valence-electron chi connectivity index (χ3n) is 2.00. The molecule has 0 saturated heterocycles. The Bertz CT molecular complexity index is 90.0. The van der Waals surface area contributed by atoms with Gasteiger partial charge in [-0.15, -0.1) is 0 Å². The smallest absolute Gasteiger partial charge is 0.154 e. The normalized spacial score (nSPS) is 10.7. The van der Waals surface area contributed by atoms with Crippen LogP contribution in [0.5, 0.6) is 0 Å². The Hall–Kier alpha value is 0.350. The van der Waals surface area contributed by atoms with E-state index in [9.17, 15) is 0 Å². The summed E-state index contributed by atoms with van der Waals surface area (Å²) in [4.78, 5) is 0. The summed E-state index contributed by atoms with van der Waals surface area (Å²) < 4.78 is 10.2. The van der Waals surface area contributed by atoms with E-state index in [-0.39, 0.29) is 38.7 Å².